The highest BCUT2D eigenvalue weighted by Crippen LogP contribution is 2.18. The third-order valence-electron chi connectivity index (χ3n) is 3.34. The summed E-state index contributed by atoms with van der Waals surface area (Å²) in [4.78, 5) is 25.5. The van der Waals surface area contributed by atoms with Crippen LogP contribution in [0, 0.1) is 0 Å². The molecule has 1 fully saturated rings. The molecule has 0 bridgehead atoms. The van der Waals surface area contributed by atoms with E-state index >= 15 is 0 Å². The standard InChI is InChI=1S/C12H22N2O4S/c1-5-19(17,18)7-6-14-9(2)8-10(15)13-12(3,4)11(14)16/h9H,5-8H2,1-4H3,(H,13,15). The van der Waals surface area contributed by atoms with Crippen molar-refractivity contribution >= 4 is 21.7 Å². The second-order valence-corrected chi connectivity index (χ2v) is 7.93. The van der Waals surface area contributed by atoms with Crippen molar-refractivity contribution < 1.29 is 18.0 Å². The van der Waals surface area contributed by atoms with E-state index in [-0.39, 0.29) is 42.3 Å². The van der Waals surface area contributed by atoms with E-state index in [1.54, 1.807) is 27.7 Å². The monoisotopic (exact) mass is 290 g/mol. The molecule has 1 aliphatic rings. The zero-order valence-corrected chi connectivity index (χ0v) is 12.7. The van der Waals surface area contributed by atoms with E-state index in [1.807, 2.05) is 0 Å². The fourth-order valence-electron chi connectivity index (χ4n) is 2.09. The van der Waals surface area contributed by atoms with Crippen molar-refractivity contribution in [1.29, 1.82) is 0 Å². The average molecular weight is 290 g/mol. The number of rotatable bonds is 4. The van der Waals surface area contributed by atoms with Crippen LogP contribution in [0.4, 0.5) is 0 Å². The van der Waals surface area contributed by atoms with Crippen molar-refractivity contribution in [3.8, 4) is 0 Å². The number of hydrogen-bond donors (Lipinski definition) is 1. The Bertz CT molecular complexity index is 470. The molecule has 6 nitrogen and oxygen atoms in total. The fraction of sp³-hybridized carbons (Fsp3) is 0.833. The molecule has 1 N–H and O–H groups in total. The maximum Gasteiger partial charge on any atom is 0.248 e. The lowest BCUT2D eigenvalue weighted by Gasteiger charge is -2.31. The van der Waals surface area contributed by atoms with Crippen molar-refractivity contribution in [2.24, 2.45) is 0 Å². The lowest BCUT2D eigenvalue weighted by molar-refractivity contribution is -0.138. The summed E-state index contributed by atoms with van der Waals surface area (Å²) >= 11 is 0. The topological polar surface area (TPSA) is 83.6 Å². The highest BCUT2D eigenvalue weighted by Gasteiger charge is 2.39. The molecule has 0 saturated carbocycles. The zero-order chi connectivity index (χ0) is 14.8. The van der Waals surface area contributed by atoms with Crippen LogP contribution in [-0.2, 0) is 19.4 Å². The Labute approximate surface area is 114 Å². The molecular weight excluding hydrogens is 268 g/mol. The van der Waals surface area contributed by atoms with Gasteiger partial charge in [0.25, 0.3) is 0 Å². The van der Waals surface area contributed by atoms with Gasteiger partial charge in [-0.15, -0.1) is 0 Å². The van der Waals surface area contributed by atoms with E-state index in [0.717, 1.165) is 0 Å². The van der Waals surface area contributed by atoms with Crippen LogP contribution in [0.5, 0.6) is 0 Å². The quantitative estimate of drug-likeness (QED) is 0.786. The summed E-state index contributed by atoms with van der Waals surface area (Å²) in [6.07, 6.45) is 0.196. The van der Waals surface area contributed by atoms with Gasteiger partial charge < -0.3 is 10.2 Å². The van der Waals surface area contributed by atoms with Crippen LogP contribution in [0.1, 0.15) is 34.1 Å². The number of carbonyl (C=O) groups excluding carboxylic acids is 2. The van der Waals surface area contributed by atoms with Gasteiger partial charge in [0.1, 0.15) is 5.54 Å². The number of nitrogens with one attached hydrogen (secondary N) is 1. The van der Waals surface area contributed by atoms with Gasteiger partial charge in [-0.1, -0.05) is 6.92 Å². The molecule has 7 heteroatoms. The number of hydrogen-bond acceptors (Lipinski definition) is 4. The van der Waals surface area contributed by atoms with Gasteiger partial charge in [-0.3, -0.25) is 9.59 Å². The number of carbonyl (C=O) groups is 2. The molecule has 0 aromatic rings. The number of amides is 2. The van der Waals surface area contributed by atoms with E-state index in [0.29, 0.717) is 0 Å². The van der Waals surface area contributed by atoms with Crippen LogP contribution in [0.25, 0.3) is 0 Å². The van der Waals surface area contributed by atoms with E-state index in [1.165, 1.54) is 4.90 Å². The molecule has 110 valence electrons. The van der Waals surface area contributed by atoms with Crippen molar-refractivity contribution in [3.63, 3.8) is 0 Å². The van der Waals surface area contributed by atoms with Gasteiger partial charge in [0.05, 0.1) is 5.75 Å². The molecule has 1 heterocycles. The lowest BCUT2D eigenvalue weighted by atomic mass is 10.0. The lowest BCUT2D eigenvalue weighted by Crippen LogP contribution is -2.54. The summed E-state index contributed by atoms with van der Waals surface area (Å²) in [7, 11) is -3.13. The SMILES string of the molecule is CCS(=O)(=O)CCN1C(=O)C(C)(C)NC(=O)CC1C. The molecule has 0 aliphatic carbocycles. The van der Waals surface area contributed by atoms with Crippen molar-refractivity contribution in [1.82, 2.24) is 10.2 Å². The largest absolute Gasteiger partial charge is 0.342 e. The Morgan fingerprint density at radius 2 is 1.95 bits per heavy atom. The van der Waals surface area contributed by atoms with Crippen molar-refractivity contribution in [3.05, 3.63) is 0 Å². The maximum atomic E-state index is 12.3. The molecule has 1 saturated heterocycles. The van der Waals surface area contributed by atoms with Crippen LogP contribution in [0.15, 0.2) is 0 Å². The summed E-state index contributed by atoms with van der Waals surface area (Å²) in [6.45, 7) is 6.74. The summed E-state index contributed by atoms with van der Waals surface area (Å²) in [5.74, 6) is -0.433. The molecule has 0 radical (unpaired) electrons. The zero-order valence-electron chi connectivity index (χ0n) is 11.9. The first kappa shape index (κ1) is 15.9. The maximum absolute atomic E-state index is 12.3. The molecule has 1 unspecified atom stereocenters. The Morgan fingerprint density at radius 3 is 2.47 bits per heavy atom. The second kappa shape index (κ2) is 5.48. The minimum atomic E-state index is -3.13. The predicted octanol–water partition coefficient (Wildman–Crippen LogP) is -0.0633. The van der Waals surface area contributed by atoms with Crippen LogP contribution >= 0.6 is 0 Å². The molecule has 0 aromatic carbocycles. The minimum absolute atomic E-state index is 0.0595. The van der Waals surface area contributed by atoms with E-state index in [9.17, 15) is 18.0 Å². The van der Waals surface area contributed by atoms with E-state index in [4.69, 9.17) is 0 Å². The van der Waals surface area contributed by atoms with Gasteiger partial charge in [0.2, 0.25) is 11.8 Å². The van der Waals surface area contributed by atoms with Gasteiger partial charge in [0, 0.05) is 24.8 Å². The molecule has 0 spiro atoms. The summed E-state index contributed by atoms with van der Waals surface area (Å²) in [5.41, 5.74) is -0.988. The number of nitrogens with zero attached hydrogens (tertiary/aromatic N) is 1. The molecule has 19 heavy (non-hydrogen) atoms. The third-order valence-corrected chi connectivity index (χ3v) is 5.03. The van der Waals surface area contributed by atoms with Gasteiger partial charge in [0.15, 0.2) is 9.84 Å². The van der Waals surface area contributed by atoms with Crippen LogP contribution < -0.4 is 5.32 Å². The van der Waals surface area contributed by atoms with Crippen molar-refractivity contribution in [2.75, 3.05) is 18.1 Å². The predicted molar refractivity (Wildman–Crippen MR) is 72.3 cm³/mol. The first-order valence-electron chi connectivity index (χ1n) is 6.41. The summed E-state index contributed by atoms with van der Waals surface area (Å²) in [6, 6.07) is -0.290. The molecule has 1 rings (SSSR count). The van der Waals surface area contributed by atoms with Gasteiger partial charge in [-0.2, -0.15) is 0 Å². The molecule has 1 atom stereocenters. The second-order valence-electron chi connectivity index (χ2n) is 5.46. The first-order chi connectivity index (χ1) is 8.59. The fourth-order valence-corrected chi connectivity index (χ4v) is 2.86. The highest BCUT2D eigenvalue weighted by atomic mass is 32.2. The van der Waals surface area contributed by atoms with Crippen molar-refractivity contribution in [2.45, 2.75) is 45.7 Å². The first-order valence-corrected chi connectivity index (χ1v) is 8.23. The van der Waals surface area contributed by atoms with Crippen LogP contribution in [-0.4, -0.2) is 54.8 Å². The minimum Gasteiger partial charge on any atom is -0.342 e. The highest BCUT2D eigenvalue weighted by molar-refractivity contribution is 7.91. The van der Waals surface area contributed by atoms with Crippen LogP contribution in [0.2, 0.25) is 0 Å². The normalized spacial score (nSPS) is 24.0. The average Bonchev–Trinajstić information content (AvgIpc) is 2.33. The molecule has 1 aliphatic heterocycles. The molecule has 2 amide bonds. The van der Waals surface area contributed by atoms with Gasteiger partial charge in [-0.05, 0) is 20.8 Å². The number of sulfone groups is 1. The Balaban J connectivity index is 2.90. The third kappa shape index (κ3) is 3.92. The Hall–Kier alpha value is -1.11. The van der Waals surface area contributed by atoms with Crippen LogP contribution in [0.3, 0.4) is 0 Å². The van der Waals surface area contributed by atoms with Gasteiger partial charge in [-0.25, -0.2) is 8.42 Å². The van der Waals surface area contributed by atoms with E-state index < -0.39 is 15.4 Å². The Morgan fingerprint density at radius 1 is 1.37 bits per heavy atom. The van der Waals surface area contributed by atoms with Gasteiger partial charge >= 0.3 is 0 Å². The van der Waals surface area contributed by atoms with E-state index in [2.05, 4.69) is 5.32 Å². The summed E-state index contributed by atoms with van der Waals surface area (Å²) < 4.78 is 23.1. The molecule has 0 aromatic heterocycles. The summed E-state index contributed by atoms with van der Waals surface area (Å²) in [5, 5.41) is 2.66. The molecular formula is C12H22N2O4S. The smallest absolute Gasteiger partial charge is 0.248 e. The Kier molecular flexibility index (Phi) is 4.60.